The summed E-state index contributed by atoms with van der Waals surface area (Å²) < 4.78 is 18.5. The van der Waals surface area contributed by atoms with E-state index in [9.17, 15) is 14.0 Å². The van der Waals surface area contributed by atoms with Crippen molar-refractivity contribution >= 4 is 17.6 Å². The highest BCUT2D eigenvalue weighted by Gasteiger charge is 2.15. The first-order valence-corrected chi connectivity index (χ1v) is 8.46. The number of carbonyl (C=O) groups is 2. The molecule has 2 amide bonds. The van der Waals surface area contributed by atoms with Gasteiger partial charge in [0, 0.05) is 23.9 Å². The van der Waals surface area contributed by atoms with Gasteiger partial charge in [-0.1, -0.05) is 0 Å². The van der Waals surface area contributed by atoms with Gasteiger partial charge in [0.05, 0.1) is 0 Å². The number of halogens is 1. The van der Waals surface area contributed by atoms with Crippen LogP contribution < -0.4 is 21.5 Å². The van der Waals surface area contributed by atoms with E-state index in [4.69, 9.17) is 16.2 Å². The van der Waals surface area contributed by atoms with E-state index in [0.29, 0.717) is 11.3 Å². The highest BCUT2D eigenvalue weighted by molar-refractivity contribution is 5.92. The van der Waals surface area contributed by atoms with Gasteiger partial charge in [0.15, 0.2) is 5.82 Å². The van der Waals surface area contributed by atoms with Crippen LogP contribution in [0.15, 0.2) is 48.7 Å². The number of primary amides is 2. The molecule has 2 heterocycles. The largest absolute Gasteiger partial charge is 0.439 e. The Labute approximate surface area is 164 Å². The first-order chi connectivity index (χ1) is 13.8. The molecular weight excluding hydrogens is 379 g/mol. The minimum Gasteiger partial charge on any atom is -0.439 e. The van der Waals surface area contributed by atoms with Crippen LogP contribution in [0.5, 0.6) is 11.6 Å². The number of nitrogens with zero attached hydrogens (tertiary/aromatic N) is 3. The van der Waals surface area contributed by atoms with Gasteiger partial charge in [0.25, 0.3) is 5.91 Å². The smallest absolute Gasteiger partial charge is 0.267 e. The number of aromatic nitrogens is 3. The van der Waals surface area contributed by atoms with Crippen LogP contribution in [0.25, 0.3) is 11.4 Å². The predicted molar refractivity (Wildman–Crippen MR) is 103 cm³/mol. The second-order valence-electron chi connectivity index (χ2n) is 6.04. The first-order valence-electron chi connectivity index (χ1n) is 8.46. The molecule has 0 unspecified atom stereocenters. The third kappa shape index (κ3) is 5.01. The molecule has 0 aliphatic heterocycles. The van der Waals surface area contributed by atoms with Gasteiger partial charge in [-0.2, -0.15) is 0 Å². The van der Waals surface area contributed by atoms with E-state index in [2.05, 4.69) is 20.3 Å². The van der Waals surface area contributed by atoms with E-state index >= 15 is 0 Å². The van der Waals surface area contributed by atoms with Crippen LogP contribution in [0.1, 0.15) is 17.4 Å². The first kappa shape index (κ1) is 19.7. The lowest BCUT2D eigenvalue weighted by Gasteiger charge is -2.12. The fraction of sp³-hybridized carbons (Fsp3) is 0.105. The molecule has 148 valence electrons. The van der Waals surface area contributed by atoms with Crippen molar-refractivity contribution < 1.29 is 18.7 Å². The number of hydrogen-bond donors (Lipinski definition) is 3. The minimum absolute atomic E-state index is 0.0409. The molecule has 10 heteroatoms. The molecule has 0 fully saturated rings. The SMILES string of the molecule is C[C@H](Nc1cc(C(N)=O)nc(-c2ccc(Oc3ccc(F)cc3)nc2)n1)C(N)=O. The fourth-order valence-electron chi connectivity index (χ4n) is 2.27. The quantitative estimate of drug-likeness (QED) is 0.552. The highest BCUT2D eigenvalue weighted by atomic mass is 19.1. The Hall–Kier alpha value is -4.08. The summed E-state index contributed by atoms with van der Waals surface area (Å²) in [6.07, 6.45) is 1.44. The van der Waals surface area contributed by atoms with Crippen LogP contribution in [0.4, 0.5) is 10.2 Å². The summed E-state index contributed by atoms with van der Waals surface area (Å²) >= 11 is 0. The Morgan fingerprint density at radius 3 is 2.41 bits per heavy atom. The summed E-state index contributed by atoms with van der Waals surface area (Å²) in [6.45, 7) is 1.55. The standard InChI is InChI=1S/C19H17FN6O3/c1-10(17(21)27)24-15-8-14(18(22)28)25-19(26-15)11-2-7-16(23-9-11)29-13-5-3-12(20)4-6-13/h2-10H,1H3,(H2,21,27)(H2,22,28)(H,24,25,26)/t10-/m0/s1. The third-order valence-corrected chi connectivity index (χ3v) is 3.80. The van der Waals surface area contributed by atoms with Crippen LogP contribution in [-0.2, 0) is 4.79 Å². The maximum absolute atomic E-state index is 13.0. The number of ether oxygens (including phenoxy) is 1. The van der Waals surface area contributed by atoms with E-state index in [1.54, 1.807) is 19.1 Å². The van der Waals surface area contributed by atoms with Crippen LogP contribution >= 0.6 is 0 Å². The van der Waals surface area contributed by atoms with E-state index in [1.807, 2.05) is 0 Å². The van der Waals surface area contributed by atoms with Crippen LogP contribution in [0.2, 0.25) is 0 Å². The predicted octanol–water partition coefficient (Wildman–Crippen LogP) is 1.85. The van der Waals surface area contributed by atoms with Gasteiger partial charge in [-0.3, -0.25) is 9.59 Å². The van der Waals surface area contributed by atoms with E-state index in [0.717, 1.165) is 0 Å². The number of benzene rings is 1. The van der Waals surface area contributed by atoms with Crippen LogP contribution in [0, 0.1) is 5.82 Å². The molecule has 0 aliphatic rings. The Balaban J connectivity index is 1.86. The Morgan fingerprint density at radius 1 is 1.10 bits per heavy atom. The van der Waals surface area contributed by atoms with Crippen LogP contribution in [-0.4, -0.2) is 32.8 Å². The lowest BCUT2D eigenvalue weighted by Crippen LogP contribution is -2.33. The monoisotopic (exact) mass is 396 g/mol. The summed E-state index contributed by atoms with van der Waals surface area (Å²) in [6, 6.07) is 9.30. The van der Waals surface area contributed by atoms with Crippen molar-refractivity contribution in [3.8, 4) is 23.0 Å². The summed E-state index contributed by atoms with van der Waals surface area (Å²) in [4.78, 5) is 35.4. The lowest BCUT2D eigenvalue weighted by molar-refractivity contribution is -0.118. The Morgan fingerprint density at radius 2 is 1.83 bits per heavy atom. The zero-order chi connectivity index (χ0) is 21.0. The third-order valence-electron chi connectivity index (χ3n) is 3.80. The second-order valence-corrected chi connectivity index (χ2v) is 6.04. The van der Waals surface area contributed by atoms with Gasteiger partial charge < -0.3 is 21.5 Å². The Kier molecular flexibility index (Phi) is 5.63. The van der Waals surface area contributed by atoms with Crippen molar-refractivity contribution in [2.24, 2.45) is 11.5 Å². The molecule has 0 spiro atoms. The zero-order valence-corrected chi connectivity index (χ0v) is 15.3. The number of carbonyl (C=O) groups excluding carboxylic acids is 2. The topological polar surface area (TPSA) is 146 Å². The summed E-state index contributed by atoms with van der Waals surface area (Å²) in [5.74, 6) is -0.648. The lowest BCUT2D eigenvalue weighted by atomic mass is 10.2. The minimum atomic E-state index is -0.757. The van der Waals surface area contributed by atoms with Gasteiger partial charge in [0.1, 0.15) is 29.1 Å². The van der Waals surface area contributed by atoms with Gasteiger partial charge >= 0.3 is 0 Å². The molecule has 9 nitrogen and oxygen atoms in total. The zero-order valence-electron chi connectivity index (χ0n) is 15.3. The van der Waals surface area contributed by atoms with Crippen molar-refractivity contribution in [3.05, 3.63) is 60.2 Å². The number of rotatable bonds is 7. The Bertz CT molecular complexity index is 1040. The highest BCUT2D eigenvalue weighted by Crippen LogP contribution is 2.23. The van der Waals surface area contributed by atoms with Crippen molar-refractivity contribution in [1.82, 2.24) is 15.0 Å². The normalized spacial score (nSPS) is 11.5. The maximum Gasteiger partial charge on any atom is 0.267 e. The summed E-state index contributed by atoms with van der Waals surface area (Å²) in [5, 5.41) is 2.79. The molecule has 29 heavy (non-hydrogen) atoms. The number of nitrogens with one attached hydrogen (secondary N) is 1. The van der Waals surface area contributed by atoms with Gasteiger partial charge in [0.2, 0.25) is 11.8 Å². The van der Waals surface area contributed by atoms with Gasteiger partial charge in [-0.15, -0.1) is 0 Å². The van der Waals surface area contributed by atoms with E-state index < -0.39 is 17.9 Å². The van der Waals surface area contributed by atoms with Gasteiger partial charge in [-0.25, -0.2) is 19.3 Å². The molecule has 1 atom stereocenters. The molecule has 2 aromatic heterocycles. The molecular formula is C19H17FN6O3. The molecule has 0 radical (unpaired) electrons. The number of nitrogens with two attached hydrogens (primary N) is 2. The molecule has 3 aromatic rings. The van der Waals surface area contributed by atoms with Gasteiger partial charge in [-0.05, 0) is 37.3 Å². The van der Waals surface area contributed by atoms with Crippen molar-refractivity contribution in [2.75, 3.05) is 5.32 Å². The summed E-state index contributed by atoms with van der Waals surface area (Å²) in [5.41, 5.74) is 11.0. The average Bonchev–Trinajstić information content (AvgIpc) is 2.70. The number of amides is 2. The summed E-state index contributed by atoms with van der Waals surface area (Å²) in [7, 11) is 0. The molecule has 0 bridgehead atoms. The number of anilines is 1. The molecule has 1 aromatic carbocycles. The molecule has 3 rings (SSSR count). The van der Waals surface area contributed by atoms with E-state index in [1.165, 1.54) is 36.5 Å². The molecule has 0 saturated carbocycles. The average molecular weight is 396 g/mol. The number of hydrogen-bond acceptors (Lipinski definition) is 7. The fourth-order valence-corrected chi connectivity index (χ4v) is 2.27. The molecule has 5 N–H and O–H groups in total. The second kappa shape index (κ2) is 8.30. The van der Waals surface area contributed by atoms with E-state index in [-0.39, 0.29) is 29.0 Å². The molecule has 0 saturated heterocycles. The molecule has 0 aliphatic carbocycles. The van der Waals surface area contributed by atoms with Crippen molar-refractivity contribution in [2.45, 2.75) is 13.0 Å². The van der Waals surface area contributed by atoms with Crippen molar-refractivity contribution in [1.29, 1.82) is 0 Å². The number of pyridine rings is 1. The van der Waals surface area contributed by atoms with Crippen LogP contribution in [0.3, 0.4) is 0 Å². The van der Waals surface area contributed by atoms with Crippen molar-refractivity contribution in [3.63, 3.8) is 0 Å². The maximum atomic E-state index is 13.0.